The molecule has 0 bridgehead atoms. The van der Waals surface area contributed by atoms with Gasteiger partial charge >= 0.3 is 0 Å². The minimum absolute atomic E-state index is 0.0171. The van der Waals surface area contributed by atoms with Gasteiger partial charge in [-0.25, -0.2) is 0 Å². The van der Waals surface area contributed by atoms with Crippen LogP contribution in [-0.4, -0.2) is 30.0 Å². The van der Waals surface area contributed by atoms with Crippen molar-refractivity contribution in [1.82, 2.24) is 30.0 Å². The molecule has 2 rings (SSSR count). The quantitative estimate of drug-likeness (QED) is 0.767. The summed E-state index contributed by atoms with van der Waals surface area (Å²) in [5.74, 6) is 0.668. The number of nitrogens with zero attached hydrogens (tertiary/aromatic N) is 6. The van der Waals surface area contributed by atoms with Crippen LogP contribution in [0.25, 0.3) is 0 Å². The number of hydrogen-bond donors (Lipinski definition) is 0. The molecule has 0 saturated heterocycles. The van der Waals surface area contributed by atoms with Crippen molar-refractivity contribution in [2.24, 2.45) is 7.05 Å². The fourth-order valence-electron chi connectivity index (χ4n) is 2.42. The summed E-state index contributed by atoms with van der Waals surface area (Å²) in [5.41, 5.74) is 3.44. The second-order valence-corrected chi connectivity index (χ2v) is 5.27. The maximum Gasteiger partial charge on any atom is 0.196 e. The fourth-order valence-corrected chi connectivity index (χ4v) is 2.67. The largest absolute Gasteiger partial charge is 0.261 e. The summed E-state index contributed by atoms with van der Waals surface area (Å²) in [6.45, 7) is 6.87. The maximum atomic E-state index is 6.48. The third-order valence-corrected chi connectivity index (χ3v) is 3.88. The summed E-state index contributed by atoms with van der Waals surface area (Å²) in [6, 6.07) is 0. The van der Waals surface area contributed by atoms with Crippen LogP contribution in [0.2, 0.25) is 0 Å². The second kappa shape index (κ2) is 6.35. The van der Waals surface area contributed by atoms with E-state index in [1.807, 2.05) is 4.68 Å². The number of tetrazole rings is 1. The van der Waals surface area contributed by atoms with Crippen molar-refractivity contribution in [3.05, 3.63) is 22.8 Å². The molecule has 110 valence electrons. The molecular formula is C13H21ClN6. The Morgan fingerprint density at radius 2 is 1.90 bits per heavy atom. The minimum atomic E-state index is 0.0171. The van der Waals surface area contributed by atoms with E-state index in [-0.39, 0.29) is 5.38 Å². The average Bonchev–Trinajstić information content (AvgIpc) is 3.01. The van der Waals surface area contributed by atoms with E-state index in [2.05, 4.69) is 41.3 Å². The van der Waals surface area contributed by atoms with Crippen molar-refractivity contribution in [2.75, 3.05) is 0 Å². The molecule has 0 saturated carbocycles. The average molecular weight is 297 g/mol. The molecular weight excluding hydrogens is 276 g/mol. The molecule has 0 N–H and O–H groups in total. The lowest BCUT2D eigenvalue weighted by Gasteiger charge is -2.10. The maximum absolute atomic E-state index is 6.48. The smallest absolute Gasteiger partial charge is 0.196 e. The summed E-state index contributed by atoms with van der Waals surface area (Å²) in [4.78, 5) is 1.46. The Kier molecular flexibility index (Phi) is 4.75. The number of rotatable bonds is 6. The first kappa shape index (κ1) is 15.0. The molecule has 7 heteroatoms. The van der Waals surface area contributed by atoms with Crippen LogP contribution in [0.15, 0.2) is 0 Å². The van der Waals surface area contributed by atoms with E-state index in [1.165, 1.54) is 16.1 Å². The molecule has 0 spiro atoms. The molecule has 0 aromatic carbocycles. The molecule has 2 aromatic rings. The van der Waals surface area contributed by atoms with Crippen LogP contribution >= 0.6 is 11.6 Å². The van der Waals surface area contributed by atoms with Crippen LogP contribution in [-0.2, 0) is 26.4 Å². The Balaban J connectivity index is 2.40. The second-order valence-electron chi connectivity index (χ2n) is 4.74. The molecule has 0 aliphatic heterocycles. The van der Waals surface area contributed by atoms with Gasteiger partial charge in [0, 0.05) is 11.3 Å². The first-order valence-electron chi connectivity index (χ1n) is 7.05. The predicted molar refractivity (Wildman–Crippen MR) is 77.8 cm³/mol. The van der Waals surface area contributed by atoms with Gasteiger partial charge in [-0.15, -0.1) is 21.8 Å². The highest BCUT2D eigenvalue weighted by Gasteiger charge is 2.21. The fraction of sp³-hybridized carbons (Fsp3) is 0.692. The lowest BCUT2D eigenvalue weighted by atomic mass is 10.0. The number of aromatic nitrogens is 6. The minimum Gasteiger partial charge on any atom is -0.261 e. The third kappa shape index (κ3) is 2.85. The highest BCUT2D eigenvalue weighted by molar-refractivity contribution is 6.20. The molecule has 6 nitrogen and oxygen atoms in total. The lowest BCUT2D eigenvalue weighted by molar-refractivity contribution is 0.601. The summed E-state index contributed by atoms with van der Waals surface area (Å²) in [5, 5.41) is 16.8. The van der Waals surface area contributed by atoms with E-state index in [1.54, 1.807) is 7.05 Å². The van der Waals surface area contributed by atoms with Crippen LogP contribution in [0.3, 0.4) is 0 Å². The van der Waals surface area contributed by atoms with Gasteiger partial charge in [0.2, 0.25) is 0 Å². The Labute approximate surface area is 124 Å². The van der Waals surface area contributed by atoms with Crippen LogP contribution in [0.5, 0.6) is 0 Å². The molecule has 0 radical (unpaired) electrons. The Hall–Kier alpha value is -1.43. The lowest BCUT2D eigenvalue weighted by Crippen LogP contribution is -2.08. The van der Waals surface area contributed by atoms with E-state index < -0.39 is 0 Å². The number of halogens is 1. The standard InChI is InChI=1S/C13H21ClN6/c1-5-9(14)13-10(6-2)16-20(11(13)7-3)8-12-15-18-19(4)17-12/h9H,5-8H2,1-4H3. The van der Waals surface area contributed by atoms with Crippen LogP contribution < -0.4 is 0 Å². The molecule has 1 unspecified atom stereocenters. The summed E-state index contributed by atoms with van der Waals surface area (Å²) in [7, 11) is 1.76. The monoisotopic (exact) mass is 296 g/mol. The number of aryl methyl sites for hydroxylation is 2. The van der Waals surface area contributed by atoms with Gasteiger partial charge in [0.1, 0.15) is 6.54 Å². The highest BCUT2D eigenvalue weighted by atomic mass is 35.5. The summed E-state index contributed by atoms with van der Waals surface area (Å²) in [6.07, 6.45) is 2.68. The molecule has 20 heavy (non-hydrogen) atoms. The number of hydrogen-bond acceptors (Lipinski definition) is 4. The predicted octanol–water partition coefficient (Wildman–Crippen LogP) is 2.27. The summed E-state index contributed by atoms with van der Waals surface area (Å²) < 4.78 is 1.97. The van der Waals surface area contributed by atoms with Gasteiger partial charge in [-0.05, 0) is 24.5 Å². The van der Waals surface area contributed by atoms with Gasteiger partial charge in [-0.2, -0.15) is 9.90 Å². The van der Waals surface area contributed by atoms with Crippen LogP contribution in [0.1, 0.15) is 55.3 Å². The molecule has 2 heterocycles. The van der Waals surface area contributed by atoms with Crippen molar-refractivity contribution < 1.29 is 0 Å². The third-order valence-electron chi connectivity index (χ3n) is 3.36. The Morgan fingerprint density at radius 3 is 2.40 bits per heavy atom. The molecule has 0 fully saturated rings. The zero-order valence-electron chi connectivity index (χ0n) is 12.5. The first-order chi connectivity index (χ1) is 9.60. The van der Waals surface area contributed by atoms with Gasteiger partial charge in [0.25, 0.3) is 0 Å². The van der Waals surface area contributed by atoms with Crippen molar-refractivity contribution in [3.8, 4) is 0 Å². The molecule has 0 aliphatic carbocycles. The van der Waals surface area contributed by atoms with E-state index in [0.29, 0.717) is 12.4 Å². The highest BCUT2D eigenvalue weighted by Crippen LogP contribution is 2.31. The Bertz CT molecular complexity index is 573. The van der Waals surface area contributed by atoms with Gasteiger partial charge in [-0.3, -0.25) is 4.68 Å². The van der Waals surface area contributed by atoms with Gasteiger partial charge in [-0.1, -0.05) is 20.8 Å². The SMILES string of the molecule is CCc1nn(Cc2nnn(C)n2)c(CC)c1C(Cl)CC. The first-order valence-corrected chi connectivity index (χ1v) is 7.49. The number of alkyl halides is 1. The molecule has 2 aromatic heterocycles. The van der Waals surface area contributed by atoms with Gasteiger partial charge < -0.3 is 0 Å². The van der Waals surface area contributed by atoms with E-state index in [0.717, 1.165) is 25.0 Å². The van der Waals surface area contributed by atoms with Crippen molar-refractivity contribution >= 4 is 11.6 Å². The molecule has 1 atom stereocenters. The van der Waals surface area contributed by atoms with Crippen molar-refractivity contribution in [3.63, 3.8) is 0 Å². The zero-order chi connectivity index (χ0) is 14.7. The Morgan fingerprint density at radius 1 is 1.15 bits per heavy atom. The molecule has 0 amide bonds. The van der Waals surface area contributed by atoms with Crippen LogP contribution in [0, 0.1) is 0 Å². The van der Waals surface area contributed by atoms with Crippen molar-refractivity contribution in [2.45, 2.75) is 52.0 Å². The van der Waals surface area contributed by atoms with Crippen molar-refractivity contribution in [1.29, 1.82) is 0 Å². The van der Waals surface area contributed by atoms with E-state index in [9.17, 15) is 0 Å². The van der Waals surface area contributed by atoms with E-state index in [4.69, 9.17) is 11.6 Å². The van der Waals surface area contributed by atoms with Crippen LogP contribution in [0.4, 0.5) is 0 Å². The van der Waals surface area contributed by atoms with E-state index >= 15 is 0 Å². The normalized spacial score (nSPS) is 12.8. The topological polar surface area (TPSA) is 61.4 Å². The van der Waals surface area contributed by atoms with Gasteiger partial charge in [0.15, 0.2) is 5.82 Å². The van der Waals surface area contributed by atoms with Gasteiger partial charge in [0.05, 0.1) is 18.1 Å². The molecule has 0 aliphatic rings. The zero-order valence-corrected chi connectivity index (χ0v) is 13.2. The summed E-state index contributed by atoms with van der Waals surface area (Å²) >= 11 is 6.48.